The van der Waals surface area contributed by atoms with Gasteiger partial charge in [0.2, 0.25) is 0 Å². The van der Waals surface area contributed by atoms with Gasteiger partial charge in [-0.25, -0.2) is 4.79 Å². The molecule has 0 unspecified atom stereocenters. The lowest BCUT2D eigenvalue weighted by Gasteiger charge is -2.16. The molecular weight excluding hydrogens is 196 g/mol. The van der Waals surface area contributed by atoms with Gasteiger partial charge in [-0.05, 0) is 26.0 Å². The van der Waals surface area contributed by atoms with Gasteiger partial charge < -0.3 is 15.6 Å². The highest BCUT2D eigenvalue weighted by molar-refractivity contribution is 5.67. The molecule has 1 aromatic heterocycles. The van der Waals surface area contributed by atoms with Crippen LogP contribution >= 0.6 is 0 Å². The third kappa shape index (κ3) is 4.42. The van der Waals surface area contributed by atoms with E-state index in [2.05, 4.69) is 9.72 Å². The molecule has 0 saturated carbocycles. The molecule has 0 aliphatic rings. The van der Waals surface area contributed by atoms with Crippen LogP contribution in [0.3, 0.4) is 0 Å². The second-order valence-electron chi connectivity index (χ2n) is 3.90. The summed E-state index contributed by atoms with van der Waals surface area (Å²) in [7, 11) is 0. The number of primary amides is 1. The van der Waals surface area contributed by atoms with Gasteiger partial charge in [0.25, 0.3) is 0 Å². The third-order valence-corrected chi connectivity index (χ3v) is 1.63. The number of pyridine rings is 1. The minimum atomic E-state index is -0.868. The Labute approximate surface area is 87.9 Å². The number of aliphatic hydroxyl groups is 1. The van der Waals surface area contributed by atoms with Crippen molar-refractivity contribution in [3.05, 3.63) is 24.0 Å². The molecule has 0 radical (unpaired) electrons. The predicted molar refractivity (Wildman–Crippen MR) is 54.5 cm³/mol. The summed E-state index contributed by atoms with van der Waals surface area (Å²) < 4.78 is 4.61. The van der Waals surface area contributed by atoms with E-state index in [-0.39, 0.29) is 0 Å². The summed E-state index contributed by atoms with van der Waals surface area (Å²) in [5.74, 6) is 0.294. The number of carbonyl (C=O) groups excluding carboxylic acids is 1. The van der Waals surface area contributed by atoms with E-state index in [1.54, 1.807) is 26.0 Å². The Balaban J connectivity index is 2.68. The fraction of sp³-hybridized carbons (Fsp3) is 0.400. The monoisotopic (exact) mass is 210 g/mol. The van der Waals surface area contributed by atoms with Crippen LogP contribution < -0.4 is 10.5 Å². The molecule has 5 heteroatoms. The van der Waals surface area contributed by atoms with E-state index in [0.717, 1.165) is 5.69 Å². The summed E-state index contributed by atoms with van der Waals surface area (Å²) in [6, 6.07) is 3.26. The van der Waals surface area contributed by atoms with E-state index in [0.29, 0.717) is 12.2 Å². The molecule has 0 saturated heterocycles. The van der Waals surface area contributed by atoms with Gasteiger partial charge >= 0.3 is 6.09 Å². The predicted octanol–water partition coefficient (Wildman–Crippen LogP) is 0.853. The first kappa shape index (κ1) is 11.5. The highest BCUT2D eigenvalue weighted by atomic mass is 16.5. The largest absolute Gasteiger partial charge is 0.410 e. The Morgan fingerprint density at radius 1 is 1.60 bits per heavy atom. The Bertz CT molecular complexity index is 341. The number of hydrogen-bond acceptors (Lipinski definition) is 4. The average Bonchev–Trinajstić information content (AvgIpc) is 2.05. The van der Waals surface area contributed by atoms with E-state index < -0.39 is 11.7 Å². The summed E-state index contributed by atoms with van der Waals surface area (Å²) in [6.45, 7) is 3.39. The number of carbonyl (C=O) groups is 1. The molecule has 1 amide bonds. The van der Waals surface area contributed by atoms with Gasteiger partial charge in [-0.3, -0.25) is 4.98 Å². The summed E-state index contributed by atoms with van der Waals surface area (Å²) in [5, 5.41) is 9.54. The highest BCUT2D eigenvalue weighted by Crippen LogP contribution is 2.13. The molecule has 15 heavy (non-hydrogen) atoms. The van der Waals surface area contributed by atoms with Gasteiger partial charge in [0.1, 0.15) is 0 Å². The molecule has 82 valence electrons. The molecule has 5 nitrogen and oxygen atoms in total. The summed E-state index contributed by atoms with van der Waals surface area (Å²) in [5.41, 5.74) is 4.75. The minimum absolute atomic E-state index is 0.294. The topological polar surface area (TPSA) is 85.4 Å². The van der Waals surface area contributed by atoms with Crippen LogP contribution in [0.15, 0.2) is 18.3 Å². The molecule has 0 bridgehead atoms. The van der Waals surface area contributed by atoms with Crippen LogP contribution in [-0.2, 0) is 6.42 Å². The second kappa shape index (κ2) is 4.27. The summed E-state index contributed by atoms with van der Waals surface area (Å²) in [6.07, 6.45) is 0.961. The van der Waals surface area contributed by atoms with Crippen LogP contribution in [0.25, 0.3) is 0 Å². The quantitative estimate of drug-likeness (QED) is 0.774. The molecule has 0 fully saturated rings. The fourth-order valence-corrected chi connectivity index (χ4v) is 1.14. The summed E-state index contributed by atoms with van der Waals surface area (Å²) >= 11 is 0. The number of ether oxygens (including phenoxy) is 1. The SMILES string of the molecule is CC(C)(O)Cc1ccc(OC(N)=O)cn1. The van der Waals surface area contributed by atoms with Crippen molar-refractivity contribution in [2.45, 2.75) is 25.9 Å². The van der Waals surface area contributed by atoms with E-state index in [9.17, 15) is 9.90 Å². The lowest BCUT2D eigenvalue weighted by atomic mass is 10.0. The van der Waals surface area contributed by atoms with Crippen LogP contribution in [0, 0.1) is 0 Å². The molecular formula is C10H14N2O3. The zero-order valence-corrected chi connectivity index (χ0v) is 8.73. The molecule has 0 aliphatic heterocycles. The standard InChI is InChI=1S/C10H14N2O3/c1-10(2,14)5-7-3-4-8(6-12-7)15-9(11)13/h3-4,6,14H,5H2,1-2H3,(H2,11,13). The molecule has 0 atom stereocenters. The Hall–Kier alpha value is -1.62. The maximum atomic E-state index is 10.4. The molecule has 1 aromatic rings. The van der Waals surface area contributed by atoms with Crippen LogP contribution in [-0.4, -0.2) is 21.8 Å². The number of aromatic nitrogens is 1. The maximum Gasteiger partial charge on any atom is 0.410 e. The van der Waals surface area contributed by atoms with Gasteiger partial charge in [0, 0.05) is 12.1 Å². The molecule has 0 aliphatic carbocycles. The average molecular weight is 210 g/mol. The number of amides is 1. The minimum Gasteiger partial charge on any atom is -0.409 e. The van der Waals surface area contributed by atoms with Crippen molar-refractivity contribution in [2.75, 3.05) is 0 Å². The van der Waals surface area contributed by atoms with Gasteiger partial charge in [-0.15, -0.1) is 0 Å². The lowest BCUT2D eigenvalue weighted by molar-refractivity contribution is 0.0799. The fourth-order valence-electron chi connectivity index (χ4n) is 1.14. The molecule has 0 aromatic carbocycles. The third-order valence-electron chi connectivity index (χ3n) is 1.63. The van der Waals surface area contributed by atoms with Crippen molar-refractivity contribution in [1.82, 2.24) is 4.98 Å². The van der Waals surface area contributed by atoms with Crippen LogP contribution in [0.5, 0.6) is 5.75 Å². The Morgan fingerprint density at radius 3 is 2.67 bits per heavy atom. The normalized spacial score (nSPS) is 11.1. The molecule has 1 heterocycles. The first-order chi connectivity index (χ1) is 6.87. The summed E-state index contributed by atoms with van der Waals surface area (Å²) in [4.78, 5) is 14.4. The molecule has 3 N–H and O–H groups in total. The van der Waals surface area contributed by atoms with Crippen molar-refractivity contribution in [3.8, 4) is 5.75 Å². The van der Waals surface area contributed by atoms with Gasteiger partial charge in [0.15, 0.2) is 5.75 Å². The van der Waals surface area contributed by atoms with Crippen molar-refractivity contribution in [3.63, 3.8) is 0 Å². The Morgan fingerprint density at radius 2 is 2.27 bits per heavy atom. The number of rotatable bonds is 3. The van der Waals surface area contributed by atoms with Crippen molar-refractivity contribution in [1.29, 1.82) is 0 Å². The van der Waals surface area contributed by atoms with Gasteiger partial charge in [-0.1, -0.05) is 0 Å². The van der Waals surface area contributed by atoms with Crippen molar-refractivity contribution < 1.29 is 14.6 Å². The molecule has 1 rings (SSSR count). The zero-order valence-electron chi connectivity index (χ0n) is 8.73. The number of nitrogens with zero attached hydrogens (tertiary/aromatic N) is 1. The van der Waals surface area contributed by atoms with Crippen LogP contribution in [0.1, 0.15) is 19.5 Å². The van der Waals surface area contributed by atoms with E-state index in [4.69, 9.17) is 5.73 Å². The number of hydrogen-bond donors (Lipinski definition) is 2. The second-order valence-corrected chi connectivity index (χ2v) is 3.90. The van der Waals surface area contributed by atoms with Crippen molar-refractivity contribution in [2.24, 2.45) is 5.73 Å². The Kier molecular flexibility index (Phi) is 3.26. The van der Waals surface area contributed by atoms with E-state index in [1.165, 1.54) is 6.20 Å². The first-order valence-electron chi connectivity index (χ1n) is 4.51. The number of nitrogens with two attached hydrogens (primary N) is 1. The van der Waals surface area contributed by atoms with Crippen molar-refractivity contribution >= 4 is 6.09 Å². The first-order valence-corrected chi connectivity index (χ1v) is 4.51. The van der Waals surface area contributed by atoms with E-state index >= 15 is 0 Å². The van der Waals surface area contributed by atoms with Gasteiger partial charge in [0.05, 0.1) is 11.8 Å². The maximum absolute atomic E-state index is 10.4. The highest BCUT2D eigenvalue weighted by Gasteiger charge is 2.14. The molecule has 0 spiro atoms. The van der Waals surface area contributed by atoms with Crippen LogP contribution in [0.2, 0.25) is 0 Å². The van der Waals surface area contributed by atoms with Crippen LogP contribution in [0.4, 0.5) is 4.79 Å². The zero-order chi connectivity index (χ0) is 11.5. The smallest absolute Gasteiger partial charge is 0.409 e. The lowest BCUT2D eigenvalue weighted by Crippen LogP contribution is -2.22. The van der Waals surface area contributed by atoms with Gasteiger partial charge in [-0.2, -0.15) is 0 Å². The van der Waals surface area contributed by atoms with E-state index in [1.807, 2.05) is 0 Å².